The van der Waals surface area contributed by atoms with Crippen LogP contribution in [-0.4, -0.2) is 43.0 Å². The van der Waals surface area contributed by atoms with Crippen molar-refractivity contribution in [3.8, 4) is 11.5 Å². The van der Waals surface area contributed by atoms with Gasteiger partial charge < -0.3 is 19.7 Å². The van der Waals surface area contributed by atoms with E-state index in [2.05, 4.69) is 5.32 Å². The van der Waals surface area contributed by atoms with Gasteiger partial charge in [-0.15, -0.1) is 0 Å². The molecule has 0 bridgehead atoms. The number of rotatable bonds is 4. The summed E-state index contributed by atoms with van der Waals surface area (Å²) in [5.74, 6) is -0.900. The molecule has 0 saturated carbocycles. The SMILES string of the molecule is Cc1cc(F)ccc1OCC1CN(C(=O)c2cc3c(cc2F)OCC(=O)N3)C1. The molecule has 146 valence electrons. The lowest BCUT2D eigenvalue weighted by Gasteiger charge is -2.39. The minimum atomic E-state index is -0.693. The summed E-state index contributed by atoms with van der Waals surface area (Å²) >= 11 is 0. The van der Waals surface area contributed by atoms with Crippen LogP contribution in [0, 0.1) is 24.5 Å². The average Bonchev–Trinajstić information content (AvgIpc) is 2.61. The van der Waals surface area contributed by atoms with E-state index in [4.69, 9.17) is 9.47 Å². The minimum absolute atomic E-state index is 0.108. The van der Waals surface area contributed by atoms with E-state index in [1.807, 2.05) is 0 Å². The van der Waals surface area contributed by atoms with E-state index in [1.54, 1.807) is 13.0 Å². The second-order valence-corrected chi connectivity index (χ2v) is 6.96. The molecular formula is C20H18F2N2O4. The van der Waals surface area contributed by atoms with E-state index in [9.17, 15) is 18.4 Å². The molecule has 1 fully saturated rings. The van der Waals surface area contributed by atoms with Crippen molar-refractivity contribution in [2.75, 3.05) is 31.6 Å². The quantitative estimate of drug-likeness (QED) is 0.875. The van der Waals surface area contributed by atoms with Gasteiger partial charge in [-0.3, -0.25) is 9.59 Å². The summed E-state index contributed by atoms with van der Waals surface area (Å²) in [7, 11) is 0. The Balaban J connectivity index is 1.36. The number of hydrogen-bond donors (Lipinski definition) is 1. The molecule has 2 amide bonds. The van der Waals surface area contributed by atoms with Crippen LogP contribution in [0.4, 0.5) is 14.5 Å². The summed E-state index contributed by atoms with van der Waals surface area (Å²) in [6, 6.07) is 6.72. The van der Waals surface area contributed by atoms with E-state index < -0.39 is 11.7 Å². The van der Waals surface area contributed by atoms with Crippen molar-refractivity contribution in [1.82, 2.24) is 4.90 Å². The lowest BCUT2D eigenvalue weighted by molar-refractivity contribution is -0.118. The molecule has 0 atom stereocenters. The van der Waals surface area contributed by atoms with Crippen molar-refractivity contribution in [1.29, 1.82) is 0 Å². The van der Waals surface area contributed by atoms with Gasteiger partial charge in [-0.25, -0.2) is 8.78 Å². The van der Waals surface area contributed by atoms with Gasteiger partial charge >= 0.3 is 0 Å². The minimum Gasteiger partial charge on any atom is -0.493 e. The molecule has 2 heterocycles. The molecule has 1 saturated heterocycles. The fourth-order valence-electron chi connectivity index (χ4n) is 3.26. The highest BCUT2D eigenvalue weighted by Gasteiger charge is 2.34. The van der Waals surface area contributed by atoms with Crippen LogP contribution in [0.2, 0.25) is 0 Å². The number of amides is 2. The Hall–Kier alpha value is -3.16. The van der Waals surface area contributed by atoms with Crippen molar-refractivity contribution in [3.63, 3.8) is 0 Å². The Labute approximate surface area is 160 Å². The van der Waals surface area contributed by atoms with Crippen LogP contribution in [0.25, 0.3) is 0 Å². The molecule has 1 N–H and O–H groups in total. The van der Waals surface area contributed by atoms with Gasteiger partial charge in [-0.2, -0.15) is 0 Å². The Morgan fingerprint density at radius 2 is 2.07 bits per heavy atom. The van der Waals surface area contributed by atoms with Crippen LogP contribution in [0.1, 0.15) is 15.9 Å². The second-order valence-electron chi connectivity index (χ2n) is 6.96. The van der Waals surface area contributed by atoms with Gasteiger partial charge in [0, 0.05) is 25.1 Å². The Morgan fingerprint density at radius 1 is 1.29 bits per heavy atom. The third-order valence-electron chi connectivity index (χ3n) is 4.79. The number of nitrogens with zero attached hydrogens (tertiary/aromatic N) is 1. The zero-order valence-corrected chi connectivity index (χ0v) is 15.1. The zero-order chi connectivity index (χ0) is 19.8. The smallest absolute Gasteiger partial charge is 0.262 e. The molecule has 2 aliphatic rings. The van der Waals surface area contributed by atoms with Gasteiger partial charge in [-0.05, 0) is 36.8 Å². The molecule has 2 aliphatic heterocycles. The Kier molecular flexibility index (Phi) is 4.62. The molecular weight excluding hydrogens is 370 g/mol. The number of aryl methyl sites for hydroxylation is 1. The maximum Gasteiger partial charge on any atom is 0.262 e. The van der Waals surface area contributed by atoms with Gasteiger partial charge in [-0.1, -0.05) is 0 Å². The number of halogens is 2. The predicted octanol–water partition coefficient (Wildman–Crippen LogP) is 2.76. The largest absolute Gasteiger partial charge is 0.493 e. The average molecular weight is 388 g/mol. The number of likely N-dealkylation sites (tertiary alicyclic amines) is 1. The van der Waals surface area contributed by atoms with E-state index in [0.717, 1.165) is 6.07 Å². The Bertz CT molecular complexity index is 957. The summed E-state index contributed by atoms with van der Waals surface area (Å²) in [4.78, 5) is 25.5. The number of ether oxygens (including phenoxy) is 2. The first-order chi connectivity index (χ1) is 13.4. The van der Waals surface area contributed by atoms with Gasteiger partial charge in [0.15, 0.2) is 6.61 Å². The monoisotopic (exact) mass is 388 g/mol. The first-order valence-corrected chi connectivity index (χ1v) is 8.85. The van der Waals surface area contributed by atoms with Crippen molar-refractivity contribution < 1.29 is 27.8 Å². The summed E-state index contributed by atoms with van der Waals surface area (Å²) < 4.78 is 38.3. The van der Waals surface area contributed by atoms with E-state index in [1.165, 1.54) is 23.1 Å². The molecule has 6 nitrogen and oxygen atoms in total. The number of nitrogens with one attached hydrogen (secondary N) is 1. The van der Waals surface area contributed by atoms with Gasteiger partial charge in [0.05, 0.1) is 17.9 Å². The van der Waals surface area contributed by atoms with Crippen molar-refractivity contribution >= 4 is 17.5 Å². The first-order valence-electron chi connectivity index (χ1n) is 8.85. The van der Waals surface area contributed by atoms with E-state index in [-0.39, 0.29) is 41.2 Å². The summed E-state index contributed by atoms with van der Waals surface area (Å²) in [6.45, 7) is 2.82. The number of hydrogen-bond acceptors (Lipinski definition) is 4. The molecule has 0 radical (unpaired) electrons. The third kappa shape index (κ3) is 3.49. The number of carbonyl (C=O) groups excluding carboxylic acids is 2. The van der Waals surface area contributed by atoms with E-state index >= 15 is 0 Å². The first kappa shape index (κ1) is 18.2. The molecule has 8 heteroatoms. The highest BCUT2D eigenvalue weighted by molar-refractivity contribution is 6.00. The van der Waals surface area contributed by atoms with Gasteiger partial charge in [0.2, 0.25) is 0 Å². The van der Waals surface area contributed by atoms with Crippen LogP contribution < -0.4 is 14.8 Å². The van der Waals surface area contributed by atoms with E-state index in [0.29, 0.717) is 31.0 Å². The zero-order valence-electron chi connectivity index (χ0n) is 15.1. The highest BCUT2D eigenvalue weighted by Crippen LogP contribution is 2.32. The van der Waals surface area contributed by atoms with Crippen LogP contribution in [0.15, 0.2) is 30.3 Å². The molecule has 4 rings (SSSR count). The summed E-state index contributed by atoms with van der Waals surface area (Å²) in [5, 5.41) is 2.57. The molecule has 0 spiro atoms. The fourth-order valence-corrected chi connectivity index (χ4v) is 3.26. The Morgan fingerprint density at radius 3 is 2.82 bits per heavy atom. The van der Waals surface area contributed by atoms with Crippen LogP contribution in [-0.2, 0) is 4.79 Å². The van der Waals surface area contributed by atoms with Gasteiger partial charge in [0.25, 0.3) is 11.8 Å². The number of fused-ring (bicyclic) bond motifs is 1. The van der Waals surface area contributed by atoms with Crippen LogP contribution in [0.3, 0.4) is 0 Å². The predicted molar refractivity (Wildman–Crippen MR) is 96.6 cm³/mol. The molecule has 0 aliphatic carbocycles. The fraction of sp³-hybridized carbons (Fsp3) is 0.300. The third-order valence-corrected chi connectivity index (χ3v) is 4.79. The topological polar surface area (TPSA) is 67.9 Å². The standard InChI is InChI=1S/C20H18F2N2O4/c1-11-4-13(21)2-3-17(11)27-9-12-7-24(8-12)20(26)14-5-16-18(6-15(14)22)28-10-19(25)23-16/h2-6,12H,7-10H2,1H3,(H,23,25). The van der Waals surface area contributed by atoms with Crippen molar-refractivity contribution in [3.05, 3.63) is 53.1 Å². The lowest BCUT2D eigenvalue weighted by atomic mass is 9.99. The number of carbonyl (C=O) groups is 2. The lowest BCUT2D eigenvalue weighted by Crippen LogP contribution is -2.52. The summed E-state index contributed by atoms with van der Waals surface area (Å²) in [6.07, 6.45) is 0. The van der Waals surface area contributed by atoms with Crippen molar-refractivity contribution in [2.24, 2.45) is 5.92 Å². The maximum atomic E-state index is 14.3. The number of benzene rings is 2. The molecule has 2 aromatic carbocycles. The number of anilines is 1. The molecule has 2 aromatic rings. The molecule has 0 unspecified atom stereocenters. The second kappa shape index (κ2) is 7.10. The van der Waals surface area contributed by atoms with Crippen molar-refractivity contribution in [2.45, 2.75) is 6.92 Å². The highest BCUT2D eigenvalue weighted by atomic mass is 19.1. The van der Waals surface area contributed by atoms with Crippen LogP contribution in [0.5, 0.6) is 11.5 Å². The molecule has 28 heavy (non-hydrogen) atoms. The maximum absolute atomic E-state index is 14.3. The van der Waals surface area contributed by atoms with Crippen LogP contribution >= 0.6 is 0 Å². The summed E-state index contributed by atoms with van der Waals surface area (Å²) in [5.41, 5.74) is 0.874. The normalized spacial score (nSPS) is 16.0. The van der Waals surface area contributed by atoms with Gasteiger partial charge in [0.1, 0.15) is 23.1 Å². The molecule has 0 aromatic heterocycles.